The second kappa shape index (κ2) is 6.56. The van der Waals surface area contributed by atoms with Gasteiger partial charge in [0, 0.05) is 10.2 Å². The molecule has 1 heterocycles. The van der Waals surface area contributed by atoms with E-state index in [-0.39, 0.29) is 5.91 Å². The fourth-order valence-corrected chi connectivity index (χ4v) is 2.85. The lowest BCUT2D eigenvalue weighted by atomic mass is 10.2. The van der Waals surface area contributed by atoms with E-state index in [9.17, 15) is 4.79 Å². The molecule has 0 aliphatic carbocycles. The fraction of sp³-hybridized carbons (Fsp3) is 0.0588. The molecular weight excluding hydrogens is 378 g/mol. The number of aromatic nitrogens is 2. The van der Waals surface area contributed by atoms with Gasteiger partial charge in [0.15, 0.2) is 0 Å². The van der Waals surface area contributed by atoms with Gasteiger partial charge in [-0.15, -0.1) is 0 Å². The number of hydrogen-bond donors (Lipinski definition) is 1. The molecule has 1 amide bonds. The number of hydrogen-bond acceptors (Lipinski definition) is 2. The van der Waals surface area contributed by atoms with Gasteiger partial charge in [0.05, 0.1) is 11.4 Å². The number of halogens is 2. The summed E-state index contributed by atoms with van der Waals surface area (Å²) in [6, 6.07) is 16.8. The Hall–Kier alpha value is -2.11. The first-order valence-electron chi connectivity index (χ1n) is 6.93. The maximum Gasteiger partial charge on any atom is 0.260 e. The summed E-state index contributed by atoms with van der Waals surface area (Å²) in [4.78, 5) is 12.5. The number of nitrogens with zero attached hydrogens (tertiary/aromatic N) is 2. The number of carbonyl (C=O) groups is 1. The monoisotopic (exact) mass is 389 g/mol. The topological polar surface area (TPSA) is 46.9 Å². The van der Waals surface area contributed by atoms with Gasteiger partial charge in [-0.25, -0.2) is 4.68 Å². The van der Waals surface area contributed by atoms with Crippen LogP contribution in [0.4, 0.5) is 5.69 Å². The Morgan fingerprint density at radius 1 is 1.13 bits per heavy atom. The van der Waals surface area contributed by atoms with E-state index in [2.05, 4.69) is 26.3 Å². The number of amides is 1. The van der Waals surface area contributed by atoms with E-state index in [0.29, 0.717) is 22.1 Å². The summed E-state index contributed by atoms with van der Waals surface area (Å²) in [5.74, 6) is -0.281. The highest BCUT2D eigenvalue weighted by atomic mass is 79.9. The lowest BCUT2D eigenvalue weighted by Gasteiger charge is -2.06. The minimum Gasteiger partial charge on any atom is -0.322 e. The van der Waals surface area contributed by atoms with Crippen LogP contribution in [0.5, 0.6) is 0 Å². The lowest BCUT2D eigenvalue weighted by Crippen LogP contribution is -2.13. The number of carbonyl (C=O) groups excluding carboxylic acids is 1. The van der Waals surface area contributed by atoms with Gasteiger partial charge < -0.3 is 5.32 Å². The third kappa shape index (κ3) is 3.30. The van der Waals surface area contributed by atoms with E-state index in [4.69, 9.17) is 11.6 Å². The van der Waals surface area contributed by atoms with E-state index < -0.39 is 0 Å². The van der Waals surface area contributed by atoms with Gasteiger partial charge in [0.1, 0.15) is 10.7 Å². The van der Waals surface area contributed by atoms with Gasteiger partial charge in [-0.1, -0.05) is 45.7 Å². The van der Waals surface area contributed by atoms with Crippen LogP contribution < -0.4 is 5.32 Å². The molecular formula is C17H13BrClN3O. The highest BCUT2D eigenvalue weighted by molar-refractivity contribution is 9.10. The molecule has 116 valence electrons. The SMILES string of the molecule is Cc1nn(-c2ccccc2)c(Cl)c1C(=O)Nc1ccc(Br)cc1. The van der Waals surface area contributed by atoms with Gasteiger partial charge in [0.25, 0.3) is 5.91 Å². The molecule has 0 atom stereocenters. The van der Waals surface area contributed by atoms with Crippen LogP contribution >= 0.6 is 27.5 Å². The number of rotatable bonds is 3. The van der Waals surface area contributed by atoms with Crippen LogP contribution in [0.3, 0.4) is 0 Å². The van der Waals surface area contributed by atoms with Crippen molar-refractivity contribution in [1.82, 2.24) is 9.78 Å². The summed E-state index contributed by atoms with van der Waals surface area (Å²) < 4.78 is 2.51. The molecule has 0 saturated heterocycles. The Labute approximate surface area is 147 Å². The number of nitrogens with one attached hydrogen (secondary N) is 1. The lowest BCUT2D eigenvalue weighted by molar-refractivity contribution is 0.102. The molecule has 1 aromatic heterocycles. The number of benzene rings is 2. The molecule has 6 heteroatoms. The van der Waals surface area contributed by atoms with Gasteiger partial charge in [-0.05, 0) is 43.3 Å². The van der Waals surface area contributed by atoms with Crippen molar-refractivity contribution in [3.63, 3.8) is 0 Å². The molecule has 1 N–H and O–H groups in total. The van der Waals surface area contributed by atoms with Crippen molar-refractivity contribution in [2.45, 2.75) is 6.92 Å². The van der Waals surface area contributed by atoms with Crippen LogP contribution in [-0.4, -0.2) is 15.7 Å². The molecule has 0 spiro atoms. The summed E-state index contributed by atoms with van der Waals surface area (Å²) in [6.45, 7) is 1.77. The predicted molar refractivity (Wildman–Crippen MR) is 95.4 cm³/mol. The minimum atomic E-state index is -0.281. The molecule has 0 fully saturated rings. The third-order valence-electron chi connectivity index (χ3n) is 3.33. The normalized spacial score (nSPS) is 10.6. The van der Waals surface area contributed by atoms with E-state index in [1.807, 2.05) is 54.6 Å². The van der Waals surface area contributed by atoms with E-state index in [1.54, 1.807) is 11.6 Å². The number of aryl methyl sites for hydroxylation is 1. The summed E-state index contributed by atoms with van der Waals surface area (Å²) >= 11 is 9.74. The molecule has 3 aromatic rings. The zero-order valence-corrected chi connectivity index (χ0v) is 14.6. The Balaban J connectivity index is 1.92. The zero-order chi connectivity index (χ0) is 16.4. The van der Waals surface area contributed by atoms with E-state index in [0.717, 1.165) is 10.2 Å². The zero-order valence-electron chi connectivity index (χ0n) is 12.3. The molecule has 3 rings (SSSR count). The number of para-hydroxylation sites is 1. The molecule has 0 radical (unpaired) electrons. The van der Waals surface area contributed by atoms with E-state index in [1.165, 1.54) is 0 Å². The standard InChI is InChI=1S/C17H13BrClN3O/c1-11-15(17(23)20-13-9-7-12(18)8-10-13)16(19)22(21-11)14-5-3-2-4-6-14/h2-10H,1H3,(H,20,23). The smallest absolute Gasteiger partial charge is 0.260 e. The molecule has 0 unspecified atom stereocenters. The molecule has 2 aromatic carbocycles. The first kappa shape index (κ1) is 15.8. The highest BCUT2D eigenvalue weighted by Gasteiger charge is 2.21. The second-order valence-corrected chi connectivity index (χ2v) is 6.23. The van der Waals surface area contributed by atoms with Crippen LogP contribution in [0.15, 0.2) is 59.1 Å². The maximum absolute atomic E-state index is 12.5. The van der Waals surface area contributed by atoms with Crippen molar-refractivity contribution in [1.29, 1.82) is 0 Å². The Kier molecular flexibility index (Phi) is 4.50. The molecule has 4 nitrogen and oxygen atoms in total. The summed E-state index contributed by atoms with van der Waals surface area (Å²) in [6.07, 6.45) is 0. The quantitative estimate of drug-likeness (QED) is 0.695. The fourth-order valence-electron chi connectivity index (χ4n) is 2.22. The maximum atomic E-state index is 12.5. The molecule has 0 aliphatic rings. The largest absolute Gasteiger partial charge is 0.322 e. The first-order valence-corrected chi connectivity index (χ1v) is 8.11. The Bertz CT molecular complexity index is 844. The summed E-state index contributed by atoms with van der Waals surface area (Å²) in [7, 11) is 0. The molecule has 23 heavy (non-hydrogen) atoms. The highest BCUT2D eigenvalue weighted by Crippen LogP contribution is 2.24. The van der Waals surface area contributed by atoms with Crippen molar-refractivity contribution in [2.24, 2.45) is 0 Å². The second-order valence-electron chi connectivity index (χ2n) is 4.96. The Morgan fingerprint density at radius 2 is 1.78 bits per heavy atom. The molecule has 0 saturated carbocycles. The van der Waals surface area contributed by atoms with Gasteiger partial charge in [-0.3, -0.25) is 4.79 Å². The minimum absolute atomic E-state index is 0.281. The summed E-state index contributed by atoms with van der Waals surface area (Å²) in [5.41, 5.74) is 2.45. The van der Waals surface area contributed by atoms with Crippen LogP contribution in [0.2, 0.25) is 5.15 Å². The average molecular weight is 391 g/mol. The first-order chi connectivity index (χ1) is 11.1. The van der Waals surface area contributed by atoms with Crippen LogP contribution in [0, 0.1) is 6.92 Å². The van der Waals surface area contributed by atoms with Gasteiger partial charge >= 0.3 is 0 Å². The van der Waals surface area contributed by atoms with Gasteiger partial charge in [-0.2, -0.15) is 5.10 Å². The van der Waals surface area contributed by atoms with Gasteiger partial charge in [0.2, 0.25) is 0 Å². The molecule has 0 aliphatic heterocycles. The van der Waals surface area contributed by atoms with Crippen molar-refractivity contribution >= 4 is 39.1 Å². The van der Waals surface area contributed by atoms with Crippen molar-refractivity contribution in [3.8, 4) is 5.69 Å². The van der Waals surface area contributed by atoms with Crippen LogP contribution in [0.25, 0.3) is 5.69 Å². The molecule has 0 bridgehead atoms. The van der Waals surface area contributed by atoms with E-state index >= 15 is 0 Å². The van der Waals surface area contributed by atoms with Crippen molar-refractivity contribution < 1.29 is 4.79 Å². The van der Waals surface area contributed by atoms with Crippen molar-refractivity contribution in [2.75, 3.05) is 5.32 Å². The van der Waals surface area contributed by atoms with Crippen LogP contribution in [0.1, 0.15) is 16.1 Å². The number of anilines is 1. The predicted octanol–water partition coefficient (Wildman–Crippen LogP) is 4.85. The third-order valence-corrected chi connectivity index (χ3v) is 4.21. The van der Waals surface area contributed by atoms with Crippen molar-refractivity contribution in [3.05, 3.63) is 75.5 Å². The van der Waals surface area contributed by atoms with Crippen LogP contribution in [-0.2, 0) is 0 Å². The summed E-state index contributed by atoms with van der Waals surface area (Å²) in [5, 5.41) is 7.50. The average Bonchev–Trinajstić information content (AvgIpc) is 2.85. The Morgan fingerprint density at radius 3 is 2.43 bits per heavy atom.